The van der Waals surface area contributed by atoms with Gasteiger partial charge in [-0.3, -0.25) is 4.98 Å². The molecule has 2 aromatic heterocycles. The maximum absolute atomic E-state index is 4.61. The Hall–Kier alpha value is -1.68. The van der Waals surface area contributed by atoms with Crippen LogP contribution in [0.1, 0.15) is 37.9 Å². The second-order valence-electron chi connectivity index (χ2n) is 4.62. The van der Waals surface area contributed by atoms with Crippen LogP contribution in [0, 0.1) is 0 Å². The number of pyridine rings is 1. The van der Waals surface area contributed by atoms with Gasteiger partial charge in [0.1, 0.15) is 0 Å². The van der Waals surface area contributed by atoms with Crippen molar-refractivity contribution in [2.75, 3.05) is 6.54 Å². The van der Waals surface area contributed by atoms with Crippen molar-refractivity contribution in [3.63, 3.8) is 0 Å². The Morgan fingerprint density at radius 1 is 1.33 bits per heavy atom. The molecular formula is C14H20N4. The number of rotatable bonds is 5. The summed E-state index contributed by atoms with van der Waals surface area (Å²) in [4.78, 5) is 4.18. The maximum Gasteiger partial charge on any atom is 0.0721 e. The molecule has 0 spiro atoms. The first-order valence-electron chi connectivity index (χ1n) is 6.42. The van der Waals surface area contributed by atoms with Gasteiger partial charge in [0.15, 0.2) is 0 Å². The fourth-order valence-corrected chi connectivity index (χ4v) is 1.82. The van der Waals surface area contributed by atoms with Crippen LogP contribution in [-0.4, -0.2) is 21.3 Å². The van der Waals surface area contributed by atoms with Crippen molar-refractivity contribution in [2.45, 2.75) is 33.2 Å². The highest BCUT2D eigenvalue weighted by Crippen LogP contribution is 2.16. The molecule has 2 aromatic rings. The summed E-state index contributed by atoms with van der Waals surface area (Å²) in [7, 11) is 0. The van der Waals surface area contributed by atoms with E-state index in [0.29, 0.717) is 5.92 Å². The summed E-state index contributed by atoms with van der Waals surface area (Å²) in [6, 6.07) is 4.08. The minimum Gasteiger partial charge on any atom is -0.313 e. The first-order valence-corrected chi connectivity index (χ1v) is 6.42. The van der Waals surface area contributed by atoms with Crippen LogP contribution in [0.15, 0.2) is 30.7 Å². The molecule has 0 bridgehead atoms. The normalized spacial score (nSPS) is 11.1. The highest BCUT2D eigenvalue weighted by atomic mass is 15.3. The molecule has 0 radical (unpaired) electrons. The lowest BCUT2D eigenvalue weighted by atomic mass is 10.1. The van der Waals surface area contributed by atoms with E-state index in [1.54, 1.807) is 0 Å². The lowest BCUT2D eigenvalue weighted by Gasteiger charge is -2.09. The van der Waals surface area contributed by atoms with Crippen LogP contribution in [0.2, 0.25) is 0 Å². The van der Waals surface area contributed by atoms with Crippen molar-refractivity contribution in [1.29, 1.82) is 0 Å². The Bertz CT molecular complexity index is 502. The molecule has 0 aromatic carbocycles. The zero-order valence-corrected chi connectivity index (χ0v) is 11.2. The summed E-state index contributed by atoms with van der Waals surface area (Å²) < 4.78 is 1.93. The maximum atomic E-state index is 4.61. The molecule has 0 atom stereocenters. The van der Waals surface area contributed by atoms with E-state index in [-0.39, 0.29) is 0 Å². The molecule has 0 aliphatic carbocycles. The average molecular weight is 244 g/mol. The van der Waals surface area contributed by atoms with Gasteiger partial charge in [0.2, 0.25) is 0 Å². The van der Waals surface area contributed by atoms with Crippen LogP contribution in [-0.2, 0) is 6.54 Å². The predicted octanol–water partition coefficient (Wildman–Crippen LogP) is 2.50. The smallest absolute Gasteiger partial charge is 0.0721 e. The Balaban J connectivity index is 2.30. The third-order valence-electron chi connectivity index (χ3n) is 2.89. The third kappa shape index (κ3) is 2.76. The molecule has 0 aliphatic heterocycles. The van der Waals surface area contributed by atoms with Crippen LogP contribution in [0.4, 0.5) is 0 Å². The quantitative estimate of drug-likeness (QED) is 0.878. The zero-order chi connectivity index (χ0) is 13.0. The van der Waals surface area contributed by atoms with Crippen LogP contribution >= 0.6 is 0 Å². The molecule has 2 rings (SSSR count). The van der Waals surface area contributed by atoms with Crippen LogP contribution in [0.5, 0.6) is 0 Å². The molecule has 0 fully saturated rings. The molecule has 0 unspecified atom stereocenters. The van der Waals surface area contributed by atoms with E-state index in [2.05, 4.69) is 42.2 Å². The number of aromatic nitrogens is 3. The van der Waals surface area contributed by atoms with Crippen molar-refractivity contribution >= 4 is 0 Å². The van der Waals surface area contributed by atoms with Crippen molar-refractivity contribution in [1.82, 2.24) is 20.1 Å². The topological polar surface area (TPSA) is 42.7 Å². The minimum atomic E-state index is 0.449. The Labute approximate surface area is 108 Å². The van der Waals surface area contributed by atoms with E-state index in [4.69, 9.17) is 0 Å². The summed E-state index contributed by atoms with van der Waals surface area (Å²) >= 11 is 0. The largest absolute Gasteiger partial charge is 0.313 e. The SMILES string of the molecule is CCNCc1cnccc1-n1ccc(C(C)C)n1. The van der Waals surface area contributed by atoms with Gasteiger partial charge in [0.25, 0.3) is 0 Å². The summed E-state index contributed by atoms with van der Waals surface area (Å²) in [6.45, 7) is 8.17. The summed E-state index contributed by atoms with van der Waals surface area (Å²) in [5.41, 5.74) is 3.37. The molecule has 18 heavy (non-hydrogen) atoms. The molecule has 0 saturated carbocycles. The third-order valence-corrected chi connectivity index (χ3v) is 2.89. The Morgan fingerprint density at radius 2 is 2.17 bits per heavy atom. The number of nitrogens with one attached hydrogen (secondary N) is 1. The molecule has 0 amide bonds. The fraction of sp³-hybridized carbons (Fsp3) is 0.429. The van der Waals surface area contributed by atoms with Crippen molar-refractivity contribution in [3.05, 3.63) is 42.0 Å². The first-order chi connectivity index (χ1) is 8.72. The van der Waals surface area contributed by atoms with E-state index < -0.39 is 0 Å². The minimum absolute atomic E-state index is 0.449. The highest BCUT2D eigenvalue weighted by Gasteiger charge is 2.08. The summed E-state index contributed by atoms with van der Waals surface area (Å²) in [6.07, 6.45) is 5.72. The second-order valence-corrected chi connectivity index (χ2v) is 4.62. The van der Waals surface area contributed by atoms with Crippen molar-refractivity contribution in [3.8, 4) is 5.69 Å². The number of hydrogen-bond donors (Lipinski definition) is 1. The first kappa shape index (κ1) is 12.8. The molecule has 2 heterocycles. The predicted molar refractivity (Wildman–Crippen MR) is 72.8 cm³/mol. The summed E-state index contributed by atoms with van der Waals surface area (Å²) in [5.74, 6) is 0.449. The van der Waals surface area contributed by atoms with Gasteiger partial charge >= 0.3 is 0 Å². The van der Waals surface area contributed by atoms with Crippen molar-refractivity contribution in [2.24, 2.45) is 0 Å². The lowest BCUT2D eigenvalue weighted by Crippen LogP contribution is -2.14. The molecule has 4 nitrogen and oxygen atoms in total. The molecule has 1 N–H and O–H groups in total. The second kappa shape index (κ2) is 5.78. The molecule has 0 aliphatic rings. The van der Waals surface area contributed by atoms with Gasteiger partial charge in [0.05, 0.1) is 11.4 Å². The van der Waals surface area contributed by atoms with E-state index >= 15 is 0 Å². The van der Waals surface area contributed by atoms with Gasteiger partial charge in [-0.1, -0.05) is 20.8 Å². The van der Waals surface area contributed by atoms with Gasteiger partial charge in [-0.25, -0.2) is 4.68 Å². The molecular weight excluding hydrogens is 224 g/mol. The highest BCUT2D eigenvalue weighted by molar-refractivity contribution is 5.38. The van der Waals surface area contributed by atoms with Gasteiger partial charge in [0, 0.05) is 30.7 Å². The van der Waals surface area contributed by atoms with Gasteiger partial charge < -0.3 is 5.32 Å². The zero-order valence-electron chi connectivity index (χ0n) is 11.2. The van der Waals surface area contributed by atoms with Crippen LogP contribution in [0.3, 0.4) is 0 Å². The molecule has 0 saturated heterocycles. The van der Waals surface area contributed by atoms with E-state index in [1.165, 1.54) is 0 Å². The van der Waals surface area contributed by atoms with Gasteiger partial charge in [-0.15, -0.1) is 0 Å². The Kier molecular flexibility index (Phi) is 4.10. The average Bonchev–Trinajstić information content (AvgIpc) is 2.86. The van der Waals surface area contributed by atoms with Crippen LogP contribution < -0.4 is 5.32 Å². The monoisotopic (exact) mass is 244 g/mol. The van der Waals surface area contributed by atoms with Gasteiger partial charge in [-0.2, -0.15) is 5.10 Å². The summed E-state index contributed by atoms with van der Waals surface area (Å²) in [5, 5.41) is 7.93. The fourth-order valence-electron chi connectivity index (χ4n) is 1.82. The van der Waals surface area contributed by atoms with E-state index in [9.17, 15) is 0 Å². The van der Waals surface area contributed by atoms with E-state index in [1.807, 2.05) is 29.3 Å². The molecule has 4 heteroatoms. The van der Waals surface area contributed by atoms with E-state index in [0.717, 1.165) is 30.0 Å². The molecule has 96 valence electrons. The van der Waals surface area contributed by atoms with Crippen molar-refractivity contribution < 1.29 is 0 Å². The number of nitrogens with zero attached hydrogens (tertiary/aromatic N) is 3. The van der Waals surface area contributed by atoms with Crippen LogP contribution in [0.25, 0.3) is 5.69 Å². The number of hydrogen-bond acceptors (Lipinski definition) is 3. The van der Waals surface area contributed by atoms with Gasteiger partial charge in [-0.05, 0) is 24.6 Å². The Morgan fingerprint density at radius 3 is 2.83 bits per heavy atom. The standard InChI is InChI=1S/C14H20N4/c1-4-15-9-12-10-16-7-5-14(12)18-8-6-13(17-18)11(2)3/h5-8,10-11,15H,4,9H2,1-3H3. The lowest BCUT2D eigenvalue weighted by molar-refractivity contribution is 0.708.